The molecule has 1 aliphatic rings. The molecule has 95 heavy (non-hydrogen) atoms. The molecule has 452 valence electrons. The van der Waals surface area contributed by atoms with Gasteiger partial charge >= 0.3 is 0 Å². The van der Waals surface area contributed by atoms with Crippen LogP contribution in [0.2, 0.25) is 0 Å². The highest BCUT2D eigenvalue weighted by molar-refractivity contribution is 6.09. The minimum Gasteiger partial charge on any atom is -0.311 e. The van der Waals surface area contributed by atoms with Crippen molar-refractivity contribution in [3.8, 4) is 89.0 Å². The number of hydrogen-bond donors (Lipinski definition) is 0. The largest absolute Gasteiger partial charge is 0.311 e. The zero-order chi connectivity index (χ0) is 64.0. The lowest BCUT2D eigenvalue weighted by atomic mass is 9.83. The van der Waals surface area contributed by atoms with Crippen molar-refractivity contribution < 1.29 is 0 Å². The molecular formula is C94H71N. The number of allylic oxidation sites excluding steroid dienone is 1. The molecule has 0 aliphatic heterocycles. The van der Waals surface area contributed by atoms with E-state index in [4.69, 9.17) is 0 Å². The molecule has 16 aromatic carbocycles. The fraction of sp³-hybridized carbons (Fsp3) is 0.0426. The lowest BCUT2D eigenvalue weighted by molar-refractivity contribution is 1.09. The normalized spacial score (nSPS) is 11.5. The fourth-order valence-electron chi connectivity index (χ4n) is 13.6. The number of nitrogens with zero attached hydrogens (tertiary/aromatic N) is 1. The van der Waals surface area contributed by atoms with E-state index in [1.54, 1.807) is 0 Å². The van der Waals surface area contributed by atoms with Crippen LogP contribution in [0.15, 0.2) is 364 Å². The van der Waals surface area contributed by atoms with Crippen molar-refractivity contribution in [2.75, 3.05) is 4.90 Å². The summed E-state index contributed by atoms with van der Waals surface area (Å²) in [4.78, 5) is 2.37. The SMILES string of the molecule is C=C1Cc2ccccc2-c2ccccc21.CCC.c1ccc(-c2cc(-c3ccccc3)cc(-c3ccc(N(c4ccc(-c5ccc(-c6ccc7c(ccc8ccccc87)c6)cc5)cc4)c4ccc(-c5ccc(-c6ccc7c(ccc8ccccc87)c6)cc5)cc4)cc3)c2)cc1. The number of hydrogen-bond acceptors (Lipinski definition) is 1. The minimum absolute atomic E-state index is 0.979. The molecule has 0 spiro atoms. The quantitative estimate of drug-likeness (QED) is 0.123. The smallest absolute Gasteiger partial charge is 0.0462 e. The van der Waals surface area contributed by atoms with E-state index in [9.17, 15) is 0 Å². The Morgan fingerprint density at radius 2 is 0.516 bits per heavy atom. The second-order valence-electron chi connectivity index (χ2n) is 24.8. The maximum atomic E-state index is 4.15. The molecule has 1 heteroatoms. The van der Waals surface area contributed by atoms with E-state index < -0.39 is 0 Å². The summed E-state index contributed by atoms with van der Waals surface area (Å²) >= 11 is 0. The van der Waals surface area contributed by atoms with Crippen LogP contribution in [0, 0.1) is 0 Å². The van der Waals surface area contributed by atoms with Crippen LogP contribution in [-0.2, 0) is 6.42 Å². The highest BCUT2D eigenvalue weighted by Gasteiger charge is 2.19. The van der Waals surface area contributed by atoms with Gasteiger partial charge in [-0.2, -0.15) is 0 Å². The zero-order valence-corrected chi connectivity index (χ0v) is 53.6. The van der Waals surface area contributed by atoms with Crippen molar-refractivity contribution >= 4 is 65.7 Å². The van der Waals surface area contributed by atoms with Crippen molar-refractivity contribution in [1.29, 1.82) is 0 Å². The summed E-state index contributed by atoms with van der Waals surface area (Å²) in [5, 5.41) is 10.2. The van der Waals surface area contributed by atoms with Gasteiger partial charge in [-0.05, 0) is 222 Å². The summed E-state index contributed by atoms with van der Waals surface area (Å²) in [6, 6.07) is 130. The number of benzene rings is 16. The number of rotatable bonds is 10. The summed E-state index contributed by atoms with van der Waals surface area (Å²) in [7, 11) is 0. The Morgan fingerprint density at radius 1 is 0.232 bits per heavy atom. The van der Waals surface area contributed by atoms with Crippen molar-refractivity contribution in [2.45, 2.75) is 26.7 Å². The van der Waals surface area contributed by atoms with Crippen LogP contribution in [0.1, 0.15) is 31.4 Å². The molecule has 0 saturated heterocycles. The van der Waals surface area contributed by atoms with Crippen LogP contribution in [0.5, 0.6) is 0 Å². The third kappa shape index (κ3) is 12.4. The van der Waals surface area contributed by atoms with Gasteiger partial charge in [-0.15, -0.1) is 0 Å². The highest BCUT2D eigenvalue weighted by Crippen LogP contribution is 2.42. The van der Waals surface area contributed by atoms with Crippen LogP contribution in [0.25, 0.3) is 138 Å². The van der Waals surface area contributed by atoms with Crippen molar-refractivity contribution in [3.05, 3.63) is 376 Å². The summed E-state index contributed by atoms with van der Waals surface area (Å²) in [5.74, 6) is 0. The lowest BCUT2D eigenvalue weighted by Crippen LogP contribution is -2.09. The van der Waals surface area contributed by atoms with Gasteiger partial charge < -0.3 is 4.90 Å². The molecular weight excluding hydrogens is 1140 g/mol. The first-order valence-electron chi connectivity index (χ1n) is 33.2. The van der Waals surface area contributed by atoms with Crippen LogP contribution in [0.3, 0.4) is 0 Å². The Morgan fingerprint density at radius 3 is 0.937 bits per heavy atom. The molecule has 1 nitrogen and oxygen atoms in total. The van der Waals surface area contributed by atoms with Gasteiger partial charge in [0.15, 0.2) is 0 Å². The second kappa shape index (κ2) is 26.7. The maximum Gasteiger partial charge on any atom is 0.0462 e. The molecule has 0 amide bonds. The molecule has 0 N–H and O–H groups in total. The summed E-state index contributed by atoms with van der Waals surface area (Å²) < 4.78 is 0. The van der Waals surface area contributed by atoms with Gasteiger partial charge in [0.1, 0.15) is 0 Å². The van der Waals surface area contributed by atoms with E-state index in [1.165, 1.54) is 150 Å². The van der Waals surface area contributed by atoms with Gasteiger partial charge in [-0.1, -0.05) is 318 Å². The lowest BCUT2D eigenvalue weighted by Gasteiger charge is -2.26. The molecule has 0 heterocycles. The van der Waals surface area contributed by atoms with Crippen molar-refractivity contribution in [3.63, 3.8) is 0 Å². The van der Waals surface area contributed by atoms with Crippen molar-refractivity contribution in [2.24, 2.45) is 0 Å². The Bertz CT molecular complexity index is 5130. The summed E-state index contributed by atoms with van der Waals surface area (Å²) in [5.41, 5.74) is 26.5. The van der Waals surface area contributed by atoms with E-state index in [0.29, 0.717) is 0 Å². The molecule has 0 bridgehead atoms. The predicted molar refractivity (Wildman–Crippen MR) is 410 cm³/mol. The topological polar surface area (TPSA) is 3.24 Å². The number of fused-ring (bicyclic) bond motifs is 9. The molecule has 0 unspecified atom stereocenters. The molecule has 1 aliphatic carbocycles. The van der Waals surface area contributed by atoms with Gasteiger partial charge in [-0.25, -0.2) is 0 Å². The Kier molecular flexibility index (Phi) is 16.7. The first-order valence-corrected chi connectivity index (χ1v) is 33.2. The highest BCUT2D eigenvalue weighted by atomic mass is 15.1. The van der Waals surface area contributed by atoms with Crippen LogP contribution < -0.4 is 4.90 Å². The molecule has 0 atom stereocenters. The Labute approximate surface area is 558 Å². The molecule has 0 radical (unpaired) electrons. The molecule has 0 fully saturated rings. The average Bonchev–Trinajstić information content (AvgIpc) is 1.30. The second-order valence-corrected chi connectivity index (χ2v) is 24.8. The van der Waals surface area contributed by atoms with Gasteiger partial charge in [0.2, 0.25) is 0 Å². The molecule has 17 rings (SSSR count). The molecule has 0 aromatic heterocycles. The van der Waals surface area contributed by atoms with E-state index in [1.807, 2.05) is 0 Å². The number of anilines is 3. The van der Waals surface area contributed by atoms with E-state index >= 15 is 0 Å². The summed E-state index contributed by atoms with van der Waals surface area (Å²) in [6.07, 6.45) is 2.23. The van der Waals surface area contributed by atoms with Gasteiger partial charge in [0.05, 0.1) is 0 Å². The first kappa shape index (κ1) is 59.4. The summed E-state index contributed by atoms with van der Waals surface area (Å²) in [6.45, 7) is 8.40. The van der Waals surface area contributed by atoms with E-state index in [2.05, 4.69) is 383 Å². The van der Waals surface area contributed by atoms with Gasteiger partial charge in [0.25, 0.3) is 0 Å². The Hall–Kier alpha value is -11.9. The van der Waals surface area contributed by atoms with E-state index in [0.717, 1.165) is 29.0 Å². The molecule has 0 saturated carbocycles. The van der Waals surface area contributed by atoms with Crippen LogP contribution in [-0.4, -0.2) is 0 Å². The third-order valence-corrected chi connectivity index (χ3v) is 18.5. The van der Waals surface area contributed by atoms with Crippen LogP contribution in [0.4, 0.5) is 17.1 Å². The van der Waals surface area contributed by atoms with E-state index in [-0.39, 0.29) is 0 Å². The van der Waals surface area contributed by atoms with Gasteiger partial charge in [-0.3, -0.25) is 0 Å². The van der Waals surface area contributed by atoms with Crippen molar-refractivity contribution in [1.82, 2.24) is 0 Å². The van der Waals surface area contributed by atoms with Crippen LogP contribution >= 0.6 is 0 Å². The predicted octanol–water partition coefficient (Wildman–Crippen LogP) is 26.8. The van der Waals surface area contributed by atoms with Gasteiger partial charge in [0, 0.05) is 17.1 Å². The monoisotopic (exact) mass is 1210 g/mol. The standard InChI is InChI=1S/C76H51N.C15H12.C3H8/c1-3-11-52(12-4-1)67-49-68(53-13-5-2-6-14-53)51-69(50-67)60-35-43-72(44-36-60)77(70-39-31-56(32-40-70)54-19-23-58(24-20-54)63-37-45-75-65(47-63)29-27-61-15-7-9-17-73(61)75)71-41-33-57(34-42-71)55-21-25-59(26-22-55)64-38-46-76-66(48-64)30-28-62-16-8-10-18-74(62)76;1-11-10-12-6-2-3-8-14(12)15-9-5-4-7-13(11)15;1-3-2/h1-51H;2-9H,1,10H2;3H2,1-2H3. The Balaban J connectivity index is 0.000000357. The molecule has 16 aromatic rings. The maximum absolute atomic E-state index is 4.15. The zero-order valence-electron chi connectivity index (χ0n) is 53.6. The first-order chi connectivity index (χ1) is 46.9. The third-order valence-electron chi connectivity index (χ3n) is 18.5. The fourth-order valence-corrected chi connectivity index (χ4v) is 13.6. The minimum atomic E-state index is 0.979. The average molecular weight is 1210 g/mol.